The van der Waals surface area contributed by atoms with Crippen molar-refractivity contribution in [2.45, 2.75) is 52.3 Å². The number of carbonyl (C=O) groups excluding carboxylic acids is 2. The normalized spacial score (nSPS) is 23.3. The summed E-state index contributed by atoms with van der Waals surface area (Å²) >= 11 is 0. The predicted molar refractivity (Wildman–Crippen MR) is 130 cm³/mol. The molecule has 2 aliphatic heterocycles. The fraction of sp³-hybridized carbons (Fsp3) is 0.481. The summed E-state index contributed by atoms with van der Waals surface area (Å²) < 4.78 is 5.42. The number of anilines is 1. The Labute approximate surface area is 196 Å². The van der Waals surface area contributed by atoms with Crippen LogP contribution in [0.3, 0.4) is 0 Å². The first-order chi connectivity index (χ1) is 16.0. The van der Waals surface area contributed by atoms with Crippen molar-refractivity contribution in [3.8, 4) is 0 Å². The van der Waals surface area contributed by atoms with Crippen LogP contribution in [0.25, 0.3) is 0 Å². The van der Waals surface area contributed by atoms with Crippen LogP contribution >= 0.6 is 0 Å². The molecule has 6 nitrogen and oxygen atoms in total. The number of hydrogen-bond donors (Lipinski definition) is 2. The summed E-state index contributed by atoms with van der Waals surface area (Å²) in [4.78, 5) is 27.4. The Morgan fingerprint density at radius 2 is 1.76 bits per heavy atom. The molecule has 2 aromatic carbocycles. The van der Waals surface area contributed by atoms with Crippen molar-refractivity contribution in [2.75, 3.05) is 25.0 Å². The van der Waals surface area contributed by atoms with Crippen LogP contribution in [0, 0.1) is 11.8 Å². The molecule has 2 aliphatic rings. The van der Waals surface area contributed by atoms with Crippen LogP contribution in [-0.2, 0) is 22.6 Å². The fourth-order valence-electron chi connectivity index (χ4n) is 4.97. The Bertz CT molecular complexity index is 943. The molecule has 2 heterocycles. The van der Waals surface area contributed by atoms with Gasteiger partial charge in [0.25, 0.3) is 11.8 Å². The number of nitrogens with zero attached hydrogens (tertiary/aromatic N) is 1. The molecule has 0 radical (unpaired) electrons. The van der Waals surface area contributed by atoms with E-state index in [1.807, 2.05) is 0 Å². The minimum absolute atomic E-state index is 0.154. The highest BCUT2D eigenvalue weighted by Gasteiger charge is 2.24. The van der Waals surface area contributed by atoms with Gasteiger partial charge in [-0.15, -0.1) is 0 Å². The van der Waals surface area contributed by atoms with E-state index in [4.69, 9.17) is 4.74 Å². The van der Waals surface area contributed by atoms with Gasteiger partial charge >= 0.3 is 0 Å². The Morgan fingerprint density at radius 1 is 1.03 bits per heavy atom. The summed E-state index contributed by atoms with van der Waals surface area (Å²) in [6.07, 6.45) is 2.56. The molecule has 33 heavy (non-hydrogen) atoms. The quantitative estimate of drug-likeness (QED) is 0.664. The minimum atomic E-state index is -0.396. The first kappa shape index (κ1) is 23.5. The van der Waals surface area contributed by atoms with Gasteiger partial charge < -0.3 is 15.4 Å². The maximum atomic E-state index is 12.6. The highest BCUT2D eigenvalue weighted by Crippen LogP contribution is 2.22. The molecule has 0 saturated carbocycles. The van der Waals surface area contributed by atoms with Crippen molar-refractivity contribution >= 4 is 17.5 Å². The number of piperidine rings is 1. The van der Waals surface area contributed by atoms with E-state index in [2.05, 4.69) is 53.6 Å². The first-order valence-corrected chi connectivity index (χ1v) is 12.1. The lowest BCUT2D eigenvalue weighted by Gasteiger charge is -2.35. The summed E-state index contributed by atoms with van der Waals surface area (Å²) in [7, 11) is 0. The van der Waals surface area contributed by atoms with E-state index in [1.165, 1.54) is 12.0 Å². The zero-order valence-electron chi connectivity index (χ0n) is 19.7. The Kier molecular flexibility index (Phi) is 7.78. The van der Waals surface area contributed by atoms with Crippen LogP contribution in [-0.4, -0.2) is 42.5 Å². The van der Waals surface area contributed by atoms with Crippen LogP contribution in [0.15, 0.2) is 48.5 Å². The Morgan fingerprint density at radius 3 is 2.45 bits per heavy atom. The lowest BCUT2D eigenvalue weighted by Crippen LogP contribution is -2.38. The highest BCUT2D eigenvalue weighted by atomic mass is 16.5. The topological polar surface area (TPSA) is 70.7 Å². The summed E-state index contributed by atoms with van der Waals surface area (Å²) in [6, 6.07) is 15.5. The fourth-order valence-corrected chi connectivity index (χ4v) is 4.97. The van der Waals surface area contributed by atoms with Crippen molar-refractivity contribution in [3.63, 3.8) is 0 Å². The predicted octanol–water partition coefficient (Wildman–Crippen LogP) is 4.21. The highest BCUT2D eigenvalue weighted by molar-refractivity contribution is 5.98. The number of rotatable bonds is 7. The second-order valence-electron chi connectivity index (χ2n) is 9.71. The van der Waals surface area contributed by atoms with Crippen LogP contribution in [0.1, 0.15) is 54.6 Å². The van der Waals surface area contributed by atoms with Gasteiger partial charge in [-0.05, 0) is 60.4 Å². The maximum Gasteiger partial charge on any atom is 0.253 e. The molecule has 2 amide bonds. The monoisotopic (exact) mass is 449 g/mol. The lowest BCUT2D eigenvalue weighted by molar-refractivity contribution is -0.124. The molecule has 0 aliphatic carbocycles. The molecule has 2 aromatic rings. The lowest BCUT2D eigenvalue weighted by atomic mass is 9.91. The van der Waals surface area contributed by atoms with Gasteiger partial charge in [0.05, 0.1) is 0 Å². The van der Waals surface area contributed by atoms with E-state index in [-0.39, 0.29) is 11.8 Å². The van der Waals surface area contributed by atoms with Crippen molar-refractivity contribution in [2.24, 2.45) is 11.8 Å². The van der Waals surface area contributed by atoms with E-state index in [1.54, 1.807) is 24.3 Å². The Balaban J connectivity index is 1.27. The SMILES string of the molecule is C[C@@H]1C[C@H](C)CN(Cc2ccc(CNC(=O)c3cccc(NC(=O)[C@@H]4CCCO4)c3)cc2)C1. The summed E-state index contributed by atoms with van der Waals surface area (Å²) in [5, 5.41) is 5.83. The minimum Gasteiger partial charge on any atom is -0.368 e. The standard InChI is InChI=1S/C27H35N3O3/c1-19-13-20(2)17-30(16-19)18-22-10-8-21(9-11-22)15-28-26(31)23-5-3-6-24(14-23)29-27(32)25-7-4-12-33-25/h3,5-6,8-11,14,19-20,25H,4,7,12-13,15-18H2,1-2H3,(H,28,31)(H,29,32)/t19-,20+,25-/m0/s1. The number of ether oxygens (including phenoxy) is 1. The average molecular weight is 450 g/mol. The molecule has 6 heteroatoms. The van der Waals surface area contributed by atoms with Gasteiger partial charge in [-0.1, -0.05) is 44.2 Å². The zero-order valence-corrected chi connectivity index (χ0v) is 19.7. The van der Waals surface area contributed by atoms with Gasteiger partial charge in [0.15, 0.2) is 0 Å². The third kappa shape index (κ3) is 6.65. The van der Waals surface area contributed by atoms with Crippen LogP contribution in [0.4, 0.5) is 5.69 Å². The smallest absolute Gasteiger partial charge is 0.253 e. The van der Waals surface area contributed by atoms with E-state index in [0.717, 1.165) is 49.9 Å². The van der Waals surface area contributed by atoms with Crippen LogP contribution < -0.4 is 10.6 Å². The maximum absolute atomic E-state index is 12.6. The third-order valence-corrected chi connectivity index (χ3v) is 6.44. The van der Waals surface area contributed by atoms with Crippen LogP contribution in [0.5, 0.6) is 0 Å². The van der Waals surface area contributed by atoms with Gasteiger partial charge in [-0.2, -0.15) is 0 Å². The Hall–Kier alpha value is -2.70. The second-order valence-corrected chi connectivity index (χ2v) is 9.71. The molecule has 2 N–H and O–H groups in total. The summed E-state index contributed by atoms with van der Waals surface area (Å²) in [5.74, 6) is 1.19. The van der Waals surface area contributed by atoms with E-state index >= 15 is 0 Å². The number of nitrogens with one attached hydrogen (secondary N) is 2. The molecule has 3 atom stereocenters. The molecule has 0 spiro atoms. The van der Waals surface area contributed by atoms with E-state index in [9.17, 15) is 9.59 Å². The largest absolute Gasteiger partial charge is 0.368 e. The molecule has 0 aromatic heterocycles. The van der Waals surface area contributed by atoms with Crippen molar-refractivity contribution in [1.29, 1.82) is 0 Å². The number of hydrogen-bond acceptors (Lipinski definition) is 4. The molecular formula is C27H35N3O3. The number of likely N-dealkylation sites (tertiary alicyclic amines) is 1. The molecule has 2 fully saturated rings. The summed E-state index contributed by atoms with van der Waals surface area (Å²) in [6.45, 7) is 9.06. The molecule has 176 valence electrons. The van der Waals surface area contributed by atoms with Crippen LogP contribution in [0.2, 0.25) is 0 Å². The average Bonchev–Trinajstić information content (AvgIpc) is 3.33. The molecule has 0 unspecified atom stereocenters. The van der Waals surface area contributed by atoms with Crippen molar-refractivity contribution in [1.82, 2.24) is 10.2 Å². The van der Waals surface area contributed by atoms with E-state index < -0.39 is 6.10 Å². The van der Waals surface area contributed by atoms with Gasteiger partial charge in [-0.25, -0.2) is 0 Å². The summed E-state index contributed by atoms with van der Waals surface area (Å²) in [5.41, 5.74) is 3.50. The van der Waals surface area contributed by atoms with Gasteiger partial charge in [0, 0.05) is 44.0 Å². The number of amides is 2. The van der Waals surface area contributed by atoms with Crippen molar-refractivity contribution in [3.05, 3.63) is 65.2 Å². The molecular weight excluding hydrogens is 414 g/mol. The molecule has 4 rings (SSSR count). The van der Waals surface area contributed by atoms with E-state index in [0.29, 0.717) is 24.4 Å². The van der Waals surface area contributed by atoms with Gasteiger partial charge in [-0.3, -0.25) is 14.5 Å². The van der Waals surface area contributed by atoms with Crippen molar-refractivity contribution < 1.29 is 14.3 Å². The number of carbonyl (C=O) groups is 2. The van der Waals surface area contributed by atoms with Gasteiger partial charge in [0.1, 0.15) is 6.10 Å². The van der Waals surface area contributed by atoms with Gasteiger partial charge in [0.2, 0.25) is 0 Å². The first-order valence-electron chi connectivity index (χ1n) is 12.1. The number of benzene rings is 2. The zero-order chi connectivity index (χ0) is 23.2. The molecule has 0 bridgehead atoms. The third-order valence-electron chi connectivity index (χ3n) is 6.44. The second kappa shape index (κ2) is 10.9. The molecule has 2 saturated heterocycles.